The summed E-state index contributed by atoms with van der Waals surface area (Å²) >= 11 is 1.59. The molecule has 9 heteroatoms. The van der Waals surface area contributed by atoms with Gasteiger partial charge in [0.05, 0.1) is 26.9 Å². The Hall–Kier alpha value is -3.72. The number of nitrogens with zero attached hydrogens (tertiary/aromatic N) is 2. The molecule has 8 nitrogen and oxygen atoms in total. The third-order valence-corrected chi connectivity index (χ3v) is 4.80. The number of aromatic amines is 1. The Labute approximate surface area is 163 Å². The maximum atomic E-state index is 12.1. The molecule has 4 aromatic rings. The number of ether oxygens (including phenoxy) is 1. The van der Waals surface area contributed by atoms with E-state index in [1.54, 1.807) is 29.5 Å². The lowest BCUT2D eigenvalue weighted by atomic mass is 10.3. The van der Waals surface area contributed by atoms with Crippen LogP contribution in [0.3, 0.4) is 0 Å². The molecule has 2 N–H and O–H groups in total. The number of hydrogen-bond acceptors (Lipinski definition) is 6. The van der Waals surface area contributed by atoms with Crippen LogP contribution >= 0.6 is 11.3 Å². The van der Waals surface area contributed by atoms with Crippen molar-refractivity contribution in [3.05, 3.63) is 70.1 Å². The van der Waals surface area contributed by atoms with Crippen LogP contribution in [0.25, 0.3) is 21.7 Å². The molecule has 2 aromatic carbocycles. The van der Waals surface area contributed by atoms with Crippen molar-refractivity contribution in [3.63, 3.8) is 0 Å². The van der Waals surface area contributed by atoms with E-state index in [1.807, 2.05) is 23.6 Å². The van der Waals surface area contributed by atoms with Gasteiger partial charge in [-0.05, 0) is 35.7 Å². The molecule has 4 rings (SSSR count). The topological polar surface area (TPSA) is 110 Å². The van der Waals surface area contributed by atoms with E-state index in [2.05, 4.69) is 15.3 Å². The lowest BCUT2D eigenvalue weighted by Gasteiger charge is -2.07. The SMILES string of the molecule is O=C(COc1cccc([N+](=O)[O-])c1)Nc1ccc2nc(-c3cccs3)[nH]c2c1. The highest BCUT2D eigenvalue weighted by molar-refractivity contribution is 7.13. The van der Waals surface area contributed by atoms with Crippen LogP contribution < -0.4 is 10.1 Å². The maximum absolute atomic E-state index is 12.1. The second-order valence-electron chi connectivity index (χ2n) is 5.89. The van der Waals surface area contributed by atoms with Gasteiger partial charge in [-0.3, -0.25) is 14.9 Å². The van der Waals surface area contributed by atoms with E-state index < -0.39 is 4.92 Å². The highest BCUT2D eigenvalue weighted by atomic mass is 32.1. The van der Waals surface area contributed by atoms with Gasteiger partial charge < -0.3 is 15.0 Å². The summed E-state index contributed by atoms with van der Waals surface area (Å²) in [6.45, 7) is -0.261. The van der Waals surface area contributed by atoms with Crippen LogP contribution in [0.5, 0.6) is 5.75 Å². The molecule has 1 amide bonds. The van der Waals surface area contributed by atoms with Gasteiger partial charge in [0, 0.05) is 11.8 Å². The minimum absolute atomic E-state index is 0.0934. The predicted molar refractivity (Wildman–Crippen MR) is 107 cm³/mol. The van der Waals surface area contributed by atoms with Crippen molar-refractivity contribution >= 4 is 39.7 Å². The fourth-order valence-electron chi connectivity index (χ4n) is 2.65. The van der Waals surface area contributed by atoms with E-state index in [0.717, 1.165) is 21.7 Å². The summed E-state index contributed by atoms with van der Waals surface area (Å²) in [7, 11) is 0. The Bertz CT molecular complexity index is 1150. The molecule has 0 radical (unpaired) electrons. The zero-order valence-electron chi connectivity index (χ0n) is 14.4. The number of fused-ring (bicyclic) bond motifs is 1. The number of hydrogen-bond donors (Lipinski definition) is 2. The molecule has 0 fully saturated rings. The summed E-state index contributed by atoms with van der Waals surface area (Å²) in [5.74, 6) is 0.667. The Morgan fingerprint density at radius 3 is 2.89 bits per heavy atom. The van der Waals surface area contributed by atoms with Crippen LogP contribution in [0.2, 0.25) is 0 Å². The van der Waals surface area contributed by atoms with Crippen molar-refractivity contribution in [1.29, 1.82) is 0 Å². The van der Waals surface area contributed by atoms with E-state index in [0.29, 0.717) is 5.69 Å². The zero-order valence-corrected chi connectivity index (χ0v) is 15.2. The molecule has 0 saturated heterocycles. The first-order valence-corrected chi connectivity index (χ1v) is 9.17. The Balaban J connectivity index is 1.42. The molecule has 0 atom stereocenters. The van der Waals surface area contributed by atoms with Crippen molar-refractivity contribution in [2.75, 3.05) is 11.9 Å². The smallest absolute Gasteiger partial charge is 0.273 e. The first kappa shape index (κ1) is 17.7. The van der Waals surface area contributed by atoms with Gasteiger partial charge in [-0.25, -0.2) is 4.98 Å². The molecule has 0 spiro atoms. The van der Waals surface area contributed by atoms with Gasteiger partial charge >= 0.3 is 0 Å². The van der Waals surface area contributed by atoms with Gasteiger partial charge in [-0.15, -0.1) is 11.3 Å². The number of rotatable bonds is 6. The maximum Gasteiger partial charge on any atom is 0.273 e. The van der Waals surface area contributed by atoms with E-state index >= 15 is 0 Å². The van der Waals surface area contributed by atoms with Crippen molar-refractivity contribution < 1.29 is 14.5 Å². The fourth-order valence-corrected chi connectivity index (χ4v) is 3.32. The summed E-state index contributed by atoms with van der Waals surface area (Å²) in [4.78, 5) is 31.2. The number of anilines is 1. The summed E-state index contributed by atoms with van der Waals surface area (Å²) in [5.41, 5.74) is 2.11. The van der Waals surface area contributed by atoms with E-state index in [1.165, 1.54) is 18.2 Å². The fraction of sp³-hybridized carbons (Fsp3) is 0.0526. The van der Waals surface area contributed by atoms with E-state index in [4.69, 9.17) is 4.74 Å². The molecule has 0 aliphatic heterocycles. The second-order valence-corrected chi connectivity index (χ2v) is 6.83. The molecular formula is C19H14N4O4S. The first-order chi connectivity index (χ1) is 13.6. The van der Waals surface area contributed by atoms with Gasteiger partial charge in [-0.2, -0.15) is 0 Å². The Morgan fingerprint density at radius 1 is 1.21 bits per heavy atom. The van der Waals surface area contributed by atoms with Crippen LogP contribution in [0.1, 0.15) is 0 Å². The Morgan fingerprint density at radius 2 is 2.11 bits per heavy atom. The first-order valence-electron chi connectivity index (χ1n) is 8.29. The summed E-state index contributed by atoms with van der Waals surface area (Å²) in [5, 5.41) is 15.5. The largest absolute Gasteiger partial charge is 0.484 e. The third kappa shape index (κ3) is 3.84. The zero-order chi connectivity index (χ0) is 19.5. The molecule has 0 aliphatic rings. The van der Waals surface area contributed by atoms with E-state index in [9.17, 15) is 14.9 Å². The minimum atomic E-state index is -0.517. The quantitative estimate of drug-likeness (QED) is 0.376. The van der Waals surface area contributed by atoms with Crippen molar-refractivity contribution in [3.8, 4) is 16.5 Å². The van der Waals surface area contributed by atoms with Gasteiger partial charge in [0.2, 0.25) is 0 Å². The minimum Gasteiger partial charge on any atom is -0.484 e. The molecule has 2 heterocycles. The number of nitrogens with one attached hydrogen (secondary N) is 2. The number of imidazole rings is 1. The van der Waals surface area contributed by atoms with Crippen LogP contribution in [0.4, 0.5) is 11.4 Å². The molecule has 2 aromatic heterocycles. The molecule has 140 valence electrons. The van der Waals surface area contributed by atoms with Gasteiger partial charge in [0.1, 0.15) is 11.6 Å². The molecule has 0 saturated carbocycles. The summed E-state index contributed by atoms with van der Waals surface area (Å²) in [6, 6.07) is 15.0. The van der Waals surface area contributed by atoms with Crippen LogP contribution in [-0.2, 0) is 4.79 Å². The Kier molecular flexibility index (Phi) is 4.73. The number of nitro groups is 1. The number of benzene rings is 2. The normalized spacial score (nSPS) is 10.7. The average molecular weight is 394 g/mol. The number of carbonyl (C=O) groups excluding carboxylic acids is 1. The second kappa shape index (κ2) is 7.49. The number of carbonyl (C=O) groups is 1. The highest BCUT2D eigenvalue weighted by Gasteiger charge is 2.10. The molecular weight excluding hydrogens is 380 g/mol. The number of H-pyrrole nitrogens is 1. The van der Waals surface area contributed by atoms with E-state index in [-0.39, 0.29) is 24.0 Å². The predicted octanol–water partition coefficient (Wildman–Crippen LogP) is 4.22. The van der Waals surface area contributed by atoms with Crippen LogP contribution in [0, 0.1) is 10.1 Å². The van der Waals surface area contributed by atoms with Gasteiger partial charge in [0.15, 0.2) is 6.61 Å². The number of nitro benzene ring substituents is 1. The van der Waals surface area contributed by atoms with Crippen LogP contribution in [0.15, 0.2) is 60.0 Å². The lowest BCUT2D eigenvalue weighted by Crippen LogP contribution is -2.20. The summed E-state index contributed by atoms with van der Waals surface area (Å²) in [6.07, 6.45) is 0. The average Bonchev–Trinajstić information content (AvgIpc) is 3.35. The highest BCUT2D eigenvalue weighted by Crippen LogP contribution is 2.26. The summed E-state index contributed by atoms with van der Waals surface area (Å²) < 4.78 is 5.34. The van der Waals surface area contributed by atoms with Crippen LogP contribution in [-0.4, -0.2) is 27.4 Å². The molecule has 28 heavy (non-hydrogen) atoms. The van der Waals surface area contributed by atoms with Crippen molar-refractivity contribution in [2.45, 2.75) is 0 Å². The number of thiophene rings is 1. The third-order valence-electron chi connectivity index (χ3n) is 3.92. The van der Waals surface area contributed by atoms with Gasteiger partial charge in [-0.1, -0.05) is 12.1 Å². The standard InChI is InChI=1S/C19H14N4O4S/c24-18(11-27-14-4-1-3-13(10-14)23(25)26)20-12-6-7-15-16(9-12)22-19(21-15)17-5-2-8-28-17/h1-10H,11H2,(H,20,24)(H,21,22). The molecule has 0 bridgehead atoms. The van der Waals surface area contributed by atoms with Crippen molar-refractivity contribution in [1.82, 2.24) is 9.97 Å². The molecule has 0 aliphatic carbocycles. The molecule has 0 unspecified atom stereocenters. The van der Waals surface area contributed by atoms with Crippen molar-refractivity contribution in [2.24, 2.45) is 0 Å². The lowest BCUT2D eigenvalue weighted by molar-refractivity contribution is -0.384. The number of amides is 1. The number of aromatic nitrogens is 2. The van der Waals surface area contributed by atoms with Gasteiger partial charge in [0.25, 0.3) is 11.6 Å². The number of non-ortho nitro benzene ring substituents is 1. The monoisotopic (exact) mass is 394 g/mol.